The van der Waals surface area contributed by atoms with Gasteiger partial charge in [-0.1, -0.05) is 22.9 Å². The minimum atomic E-state index is -3.57. The van der Waals surface area contributed by atoms with Crippen molar-refractivity contribution in [1.29, 1.82) is 0 Å². The van der Waals surface area contributed by atoms with E-state index >= 15 is 0 Å². The Morgan fingerprint density at radius 3 is 2.65 bits per heavy atom. The van der Waals surface area contributed by atoms with Gasteiger partial charge < -0.3 is 14.6 Å². The maximum Gasteiger partial charge on any atom is 0.307 e. The van der Waals surface area contributed by atoms with Crippen LogP contribution >= 0.6 is 22.9 Å². The molecule has 0 fully saturated rings. The highest BCUT2D eigenvalue weighted by Crippen LogP contribution is 2.30. The Morgan fingerprint density at radius 1 is 1.26 bits per heavy atom. The molecule has 0 radical (unpaired) electrons. The van der Waals surface area contributed by atoms with Crippen molar-refractivity contribution in [1.82, 2.24) is 4.57 Å². The molecular formula is C20H22ClN3O5S2. The molecule has 2 aromatic carbocycles. The van der Waals surface area contributed by atoms with Gasteiger partial charge in [-0.15, -0.1) is 0 Å². The first-order valence-corrected chi connectivity index (χ1v) is 12.3. The monoisotopic (exact) mass is 483 g/mol. The number of fused-ring (bicyclic) bond motifs is 1. The second-order valence-electron chi connectivity index (χ2n) is 6.92. The van der Waals surface area contributed by atoms with E-state index in [1.807, 2.05) is 0 Å². The van der Waals surface area contributed by atoms with Crippen LogP contribution in [0.3, 0.4) is 0 Å². The summed E-state index contributed by atoms with van der Waals surface area (Å²) in [5, 5.41) is 3.09. The van der Waals surface area contributed by atoms with Gasteiger partial charge in [0.15, 0.2) is 0 Å². The molecule has 0 atom stereocenters. The SMILES string of the molecule is COc1ccc(N(CCCC(=O)Nc2ccc3c(c2)sc(=O)n3C)S(C)(=O)=O)cc1Cl. The second-order valence-corrected chi connectivity index (χ2v) is 10.2. The van der Waals surface area contributed by atoms with Gasteiger partial charge in [0.05, 0.1) is 34.3 Å². The van der Waals surface area contributed by atoms with E-state index in [9.17, 15) is 18.0 Å². The number of halogens is 1. The number of hydrogen-bond donors (Lipinski definition) is 1. The minimum absolute atomic E-state index is 0.0713. The molecule has 0 unspecified atom stereocenters. The maximum atomic E-state index is 12.3. The lowest BCUT2D eigenvalue weighted by Crippen LogP contribution is -2.31. The number of amides is 1. The molecule has 0 aliphatic heterocycles. The summed E-state index contributed by atoms with van der Waals surface area (Å²) in [7, 11) is -0.392. The van der Waals surface area contributed by atoms with Gasteiger partial charge in [-0.25, -0.2) is 8.42 Å². The van der Waals surface area contributed by atoms with Crippen molar-refractivity contribution >= 4 is 60.5 Å². The van der Waals surface area contributed by atoms with Gasteiger partial charge in [0.25, 0.3) is 0 Å². The van der Waals surface area contributed by atoms with Crippen molar-refractivity contribution in [2.45, 2.75) is 12.8 Å². The Hall–Kier alpha value is -2.56. The molecule has 1 heterocycles. The number of ether oxygens (including phenoxy) is 1. The highest BCUT2D eigenvalue weighted by molar-refractivity contribution is 7.92. The van der Waals surface area contributed by atoms with Crippen molar-refractivity contribution in [2.75, 3.05) is 29.5 Å². The standard InChI is InChI=1S/C20H22ClN3O5S2/c1-23-16-8-6-13(11-18(16)30-20(23)26)22-19(25)5-4-10-24(31(3,27)28)14-7-9-17(29-2)15(21)12-14/h6-9,11-12H,4-5,10H2,1-3H3,(H,22,25). The number of rotatable bonds is 8. The number of aromatic nitrogens is 1. The quantitative estimate of drug-likeness (QED) is 0.529. The fourth-order valence-electron chi connectivity index (χ4n) is 3.12. The average Bonchev–Trinajstić information content (AvgIpc) is 2.97. The number of benzene rings is 2. The summed E-state index contributed by atoms with van der Waals surface area (Å²) in [6.07, 6.45) is 1.54. The maximum absolute atomic E-state index is 12.3. The molecule has 1 aromatic heterocycles. The van der Waals surface area contributed by atoms with E-state index in [0.717, 1.165) is 27.8 Å². The molecule has 3 aromatic rings. The van der Waals surface area contributed by atoms with Gasteiger partial charge in [0.1, 0.15) is 5.75 Å². The third kappa shape index (κ3) is 5.38. The van der Waals surface area contributed by atoms with Crippen LogP contribution in [0, 0.1) is 0 Å². The van der Waals surface area contributed by atoms with Gasteiger partial charge in [-0.2, -0.15) is 0 Å². The predicted octanol–water partition coefficient (Wildman–Crippen LogP) is 3.45. The van der Waals surface area contributed by atoms with Crippen molar-refractivity contribution < 1.29 is 17.9 Å². The molecule has 31 heavy (non-hydrogen) atoms. The molecule has 0 spiro atoms. The molecule has 3 rings (SSSR count). The largest absolute Gasteiger partial charge is 0.495 e. The molecule has 1 N–H and O–H groups in total. The number of nitrogens with one attached hydrogen (secondary N) is 1. The second kappa shape index (κ2) is 9.29. The normalized spacial score (nSPS) is 11.5. The average molecular weight is 484 g/mol. The number of thiazole rings is 1. The number of aryl methyl sites for hydroxylation is 1. The Balaban J connectivity index is 1.64. The van der Waals surface area contributed by atoms with Gasteiger partial charge in [0.2, 0.25) is 15.9 Å². The third-order valence-corrected chi connectivity index (χ3v) is 7.15. The van der Waals surface area contributed by atoms with E-state index in [4.69, 9.17) is 16.3 Å². The van der Waals surface area contributed by atoms with Gasteiger partial charge in [0, 0.05) is 25.7 Å². The third-order valence-electron chi connectivity index (χ3n) is 4.66. The van der Waals surface area contributed by atoms with Crippen LogP contribution in [0.1, 0.15) is 12.8 Å². The molecule has 11 heteroatoms. The highest BCUT2D eigenvalue weighted by atomic mass is 35.5. The summed E-state index contributed by atoms with van der Waals surface area (Å²) in [4.78, 5) is 24.0. The number of anilines is 2. The smallest absolute Gasteiger partial charge is 0.307 e. The summed E-state index contributed by atoms with van der Waals surface area (Å²) in [5.74, 6) is 0.197. The fourth-order valence-corrected chi connectivity index (χ4v) is 5.24. The first-order valence-electron chi connectivity index (χ1n) is 9.31. The molecule has 1 amide bonds. The van der Waals surface area contributed by atoms with E-state index in [0.29, 0.717) is 28.6 Å². The Bertz CT molecular complexity index is 1280. The van der Waals surface area contributed by atoms with Crippen LogP contribution in [0.5, 0.6) is 5.75 Å². The van der Waals surface area contributed by atoms with Gasteiger partial charge >= 0.3 is 4.87 Å². The Labute approximate surface area is 189 Å². The Morgan fingerprint density at radius 2 is 2.00 bits per heavy atom. The van der Waals surface area contributed by atoms with Crippen LogP contribution in [0.4, 0.5) is 11.4 Å². The summed E-state index contributed by atoms with van der Waals surface area (Å²) in [6, 6.07) is 9.97. The molecular weight excluding hydrogens is 462 g/mol. The summed E-state index contributed by atoms with van der Waals surface area (Å²) < 4.78 is 33.1. The zero-order valence-electron chi connectivity index (χ0n) is 17.2. The predicted molar refractivity (Wildman–Crippen MR) is 125 cm³/mol. The van der Waals surface area contributed by atoms with Crippen molar-refractivity contribution in [3.63, 3.8) is 0 Å². The lowest BCUT2D eigenvalue weighted by Gasteiger charge is -2.23. The van der Waals surface area contributed by atoms with Crippen LogP contribution in [-0.4, -0.2) is 38.8 Å². The molecule has 0 aliphatic rings. The number of methoxy groups -OCH3 is 1. The van der Waals surface area contributed by atoms with Crippen LogP contribution in [0.25, 0.3) is 10.2 Å². The molecule has 0 bridgehead atoms. The van der Waals surface area contributed by atoms with E-state index < -0.39 is 10.0 Å². The number of nitrogens with zero attached hydrogens (tertiary/aromatic N) is 2. The molecule has 8 nitrogen and oxygen atoms in total. The number of carbonyl (C=O) groups excluding carboxylic acids is 1. The zero-order valence-corrected chi connectivity index (χ0v) is 19.6. The van der Waals surface area contributed by atoms with E-state index in [1.54, 1.807) is 41.9 Å². The Kier molecular flexibility index (Phi) is 6.93. The van der Waals surface area contributed by atoms with Crippen LogP contribution in [-0.2, 0) is 21.9 Å². The lowest BCUT2D eigenvalue weighted by atomic mass is 10.2. The van der Waals surface area contributed by atoms with Crippen molar-refractivity contribution in [3.05, 3.63) is 51.1 Å². The van der Waals surface area contributed by atoms with Crippen LogP contribution in [0.2, 0.25) is 5.02 Å². The van der Waals surface area contributed by atoms with Crippen molar-refractivity contribution in [3.8, 4) is 5.75 Å². The molecule has 0 saturated heterocycles. The molecule has 166 valence electrons. The summed E-state index contributed by atoms with van der Waals surface area (Å²) in [5.41, 5.74) is 1.79. The fraction of sp³-hybridized carbons (Fsp3) is 0.300. The van der Waals surface area contributed by atoms with Crippen LogP contribution in [0.15, 0.2) is 41.2 Å². The van der Waals surface area contributed by atoms with E-state index in [-0.39, 0.29) is 23.7 Å². The summed E-state index contributed by atoms with van der Waals surface area (Å²) in [6.45, 7) is 0.119. The van der Waals surface area contributed by atoms with E-state index in [2.05, 4.69) is 5.32 Å². The first-order chi connectivity index (χ1) is 14.6. The van der Waals surface area contributed by atoms with Gasteiger partial charge in [-0.05, 0) is 42.8 Å². The number of carbonyl (C=O) groups is 1. The molecule has 0 aliphatic carbocycles. The number of hydrogen-bond acceptors (Lipinski definition) is 6. The highest BCUT2D eigenvalue weighted by Gasteiger charge is 2.19. The topological polar surface area (TPSA) is 97.7 Å². The molecule has 0 saturated carbocycles. The van der Waals surface area contributed by atoms with E-state index in [1.165, 1.54) is 17.5 Å². The van der Waals surface area contributed by atoms with Crippen LogP contribution < -0.4 is 19.2 Å². The first kappa shape index (κ1) is 23.1. The van der Waals surface area contributed by atoms with Gasteiger partial charge in [-0.3, -0.25) is 13.9 Å². The zero-order chi connectivity index (χ0) is 22.8. The van der Waals surface area contributed by atoms with Crippen molar-refractivity contribution in [2.24, 2.45) is 7.05 Å². The number of sulfonamides is 1. The lowest BCUT2D eigenvalue weighted by molar-refractivity contribution is -0.116. The summed E-state index contributed by atoms with van der Waals surface area (Å²) >= 11 is 7.23. The minimum Gasteiger partial charge on any atom is -0.495 e.